The van der Waals surface area contributed by atoms with Crippen molar-refractivity contribution in [3.05, 3.63) is 84.2 Å². The molecule has 1 aromatic heterocycles. The van der Waals surface area contributed by atoms with Gasteiger partial charge in [0.05, 0.1) is 4.90 Å². The molecule has 3 aromatic rings. The molecule has 4 rings (SSSR count). The van der Waals surface area contributed by atoms with E-state index in [4.69, 9.17) is 0 Å². The zero-order valence-corrected chi connectivity index (χ0v) is 18.5. The average molecular weight is 489 g/mol. The number of nitrogens with zero attached hydrogens (tertiary/aromatic N) is 1. The molecule has 176 valence electrons. The van der Waals surface area contributed by atoms with E-state index in [1.165, 1.54) is 42.5 Å². The molecular formula is C23H18F3N3O4S. The van der Waals surface area contributed by atoms with Crippen LogP contribution in [0.3, 0.4) is 0 Å². The predicted octanol–water partition coefficient (Wildman–Crippen LogP) is 5.25. The summed E-state index contributed by atoms with van der Waals surface area (Å²) < 4.78 is 64.8. The number of alkyl halides is 3. The van der Waals surface area contributed by atoms with Crippen LogP contribution in [0.15, 0.2) is 77.8 Å². The average Bonchev–Trinajstić information content (AvgIpc) is 3.17. The highest BCUT2D eigenvalue weighted by Gasteiger charge is 2.31. The Bertz CT molecular complexity index is 1410. The molecule has 0 aliphatic carbocycles. The lowest BCUT2D eigenvalue weighted by molar-refractivity contribution is -0.274. The van der Waals surface area contributed by atoms with E-state index in [1.807, 2.05) is 0 Å². The standard InChI is InChI=1S/C23H18F3N3O4S/c1-14-6-7-15-12-20(22(30)27-16-4-3-5-19(13-16)34(2,31)32)28-21(15)29(14)17-8-10-18(11-9-17)33-23(24,25)26/h3-13,28H,1H2,2H3,(H,27,30). The highest BCUT2D eigenvalue weighted by molar-refractivity contribution is 7.90. The monoisotopic (exact) mass is 489 g/mol. The van der Waals surface area contributed by atoms with Gasteiger partial charge in [-0.15, -0.1) is 13.2 Å². The topological polar surface area (TPSA) is 91.5 Å². The van der Waals surface area contributed by atoms with Gasteiger partial charge in [-0.25, -0.2) is 8.42 Å². The zero-order chi connectivity index (χ0) is 24.7. The minimum absolute atomic E-state index is 0.0689. The van der Waals surface area contributed by atoms with Crippen molar-refractivity contribution in [2.45, 2.75) is 11.3 Å². The highest BCUT2D eigenvalue weighted by atomic mass is 32.2. The van der Waals surface area contributed by atoms with Crippen LogP contribution in [0, 0.1) is 0 Å². The number of nitrogens with one attached hydrogen (secondary N) is 2. The number of ether oxygens (including phenoxy) is 1. The summed E-state index contributed by atoms with van der Waals surface area (Å²) >= 11 is 0. The maximum absolute atomic E-state index is 12.8. The number of allylic oxidation sites excluding steroid dienone is 1. The minimum Gasteiger partial charge on any atom is -0.406 e. The van der Waals surface area contributed by atoms with Crippen LogP contribution in [0.5, 0.6) is 5.75 Å². The first-order valence-electron chi connectivity index (χ1n) is 9.78. The molecule has 11 heteroatoms. The summed E-state index contributed by atoms with van der Waals surface area (Å²) in [5.74, 6) is -0.377. The first-order valence-corrected chi connectivity index (χ1v) is 11.7. The van der Waals surface area contributed by atoms with Gasteiger partial charge in [0.1, 0.15) is 17.3 Å². The number of anilines is 3. The number of carbonyl (C=O) groups excluding carboxylic acids is 1. The number of H-pyrrole nitrogens is 1. The molecule has 0 unspecified atom stereocenters. The van der Waals surface area contributed by atoms with E-state index < -0.39 is 22.1 Å². The first-order chi connectivity index (χ1) is 15.9. The van der Waals surface area contributed by atoms with Gasteiger partial charge >= 0.3 is 6.36 Å². The summed E-state index contributed by atoms with van der Waals surface area (Å²) in [4.78, 5) is 17.5. The number of aromatic nitrogens is 1. The maximum atomic E-state index is 12.8. The molecule has 1 amide bonds. The Morgan fingerprint density at radius 2 is 1.79 bits per heavy atom. The normalized spacial score (nSPS) is 13.5. The van der Waals surface area contributed by atoms with Gasteiger partial charge in [-0.05, 0) is 60.7 Å². The van der Waals surface area contributed by atoms with Gasteiger partial charge in [0.15, 0.2) is 9.84 Å². The number of hydrogen-bond acceptors (Lipinski definition) is 5. The Balaban J connectivity index is 1.60. The van der Waals surface area contributed by atoms with Crippen LogP contribution >= 0.6 is 0 Å². The zero-order valence-electron chi connectivity index (χ0n) is 17.7. The second-order valence-electron chi connectivity index (χ2n) is 7.44. The van der Waals surface area contributed by atoms with Gasteiger partial charge in [-0.1, -0.05) is 12.6 Å². The number of amides is 1. The van der Waals surface area contributed by atoms with Gasteiger partial charge in [-0.2, -0.15) is 0 Å². The quantitative estimate of drug-likeness (QED) is 0.511. The Hall–Kier alpha value is -3.99. The van der Waals surface area contributed by atoms with E-state index in [1.54, 1.807) is 29.2 Å². The number of benzene rings is 2. The van der Waals surface area contributed by atoms with Gasteiger partial charge in [-0.3, -0.25) is 9.69 Å². The number of sulfone groups is 1. The van der Waals surface area contributed by atoms with Crippen molar-refractivity contribution in [1.29, 1.82) is 0 Å². The molecule has 1 aliphatic rings. The lowest BCUT2D eigenvalue weighted by Crippen LogP contribution is -2.19. The third-order valence-electron chi connectivity index (χ3n) is 4.89. The summed E-state index contributed by atoms with van der Waals surface area (Å²) in [5.41, 5.74) is 2.16. The summed E-state index contributed by atoms with van der Waals surface area (Å²) in [5, 5.41) is 2.65. The van der Waals surface area contributed by atoms with Crippen LogP contribution in [-0.2, 0) is 9.84 Å². The van der Waals surface area contributed by atoms with E-state index in [0.29, 0.717) is 28.5 Å². The number of hydrogen-bond donors (Lipinski definition) is 2. The van der Waals surface area contributed by atoms with Gasteiger partial charge < -0.3 is 15.0 Å². The van der Waals surface area contributed by atoms with Crippen LogP contribution in [0.4, 0.5) is 30.4 Å². The summed E-state index contributed by atoms with van der Waals surface area (Å²) in [6.45, 7) is 3.96. The van der Waals surface area contributed by atoms with E-state index >= 15 is 0 Å². The molecule has 7 nitrogen and oxygen atoms in total. The van der Waals surface area contributed by atoms with E-state index in [2.05, 4.69) is 21.6 Å². The fourth-order valence-corrected chi connectivity index (χ4v) is 4.06. The minimum atomic E-state index is -4.80. The van der Waals surface area contributed by atoms with Crippen molar-refractivity contribution < 1.29 is 31.1 Å². The number of fused-ring (bicyclic) bond motifs is 1. The summed E-state index contributed by atoms with van der Waals surface area (Å²) in [6.07, 6.45) is -0.280. The largest absolute Gasteiger partial charge is 0.573 e. The fourth-order valence-electron chi connectivity index (χ4n) is 3.39. The Kier molecular flexibility index (Phi) is 5.74. The molecular weight excluding hydrogens is 471 g/mol. The Labute approximate surface area is 193 Å². The van der Waals surface area contributed by atoms with Crippen molar-refractivity contribution in [3.63, 3.8) is 0 Å². The Morgan fingerprint density at radius 3 is 2.44 bits per heavy atom. The molecule has 2 aromatic carbocycles. The second kappa shape index (κ2) is 8.41. The molecule has 2 heterocycles. The number of halogens is 3. The molecule has 0 spiro atoms. The molecule has 34 heavy (non-hydrogen) atoms. The van der Waals surface area contributed by atoms with Crippen LogP contribution in [0.2, 0.25) is 0 Å². The summed E-state index contributed by atoms with van der Waals surface area (Å²) in [6, 6.07) is 12.7. The van der Waals surface area contributed by atoms with Crippen molar-refractivity contribution in [1.82, 2.24) is 4.98 Å². The predicted molar refractivity (Wildman–Crippen MR) is 122 cm³/mol. The molecule has 0 atom stereocenters. The van der Waals surface area contributed by atoms with Gasteiger partial charge in [0.2, 0.25) is 0 Å². The highest BCUT2D eigenvalue weighted by Crippen LogP contribution is 2.37. The fraction of sp³-hybridized carbons (Fsp3) is 0.0870. The molecule has 0 saturated carbocycles. The van der Waals surface area contributed by atoms with Crippen LogP contribution in [0.25, 0.3) is 6.08 Å². The molecule has 0 saturated heterocycles. The first kappa shape index (κ1) is 23.2. The lowest BCUT2D eigenvalue weighted by Gasteiger charge is -2.27. The number of rotatable bonds is 5. The maximum Gasteiger partial charge on any atom is 0.573 e. The van der Waals surface area contributed by atoms with E-state index in [-0.39, 0.29) is 16.3 Å². The van der Waals surface area contributed by atoms with Crippen LogP contribution in [-0.4, -0.2) is 31.9 Å². The van der Waals surface area contributed by atoms with Crippen molar-refractivity contribution >= 4 is 39.0 Å². The van der Waals surface area contributed by atoms with E-state index in [9.17, 15) is 26.4 Å². The smallest absolute Gasteiger partial charge is 0.406 e. The van der Waals surface area contributed by atoms with Crippen molar-refractivity contribution in [2.75, 3.05) is 16.5 Å². The lowest BCUT2D eigenvalue weighted by atomic mass is 10.1. The SMILES string of the molecule is C=C1C=Cc2cc(C(=O)Nc3cccc(S(C)(=O)=O)c3)[nH]c2N1c1ccc(OC(F)(F)F)cc1. The van der Waals surface area contributed by atoms with Gasteiger partial charge in [0, 0.05) is 28.9 Å². The molecule has 1 aliphatic heterocycles. The van der Waals surface area contributed by atoms with Crippen LogP contribution < -0.4 is 15.0 Å². The molecule has 0 radical (unpaired) electrons. The second-order valence-corrected chi connectivity index (χ2v) is 9.46. The summed E-state index contributed by atoms with van der Waals surface area (Å²) in [7, 11) is -3.44. The Morgan fingerprint density at radius 1 is 1.09 bits per heavy atom. The molecule has 2 N–H and O–H groups in total. The van der Waals surface area contributed by atoms with Crippen molar-refractivity contribution in [2.24, 2.45) is 0 Å². The van der Waals surface area contributed by atoms with Crippen molar-refractivity contribution in [3.8, 4) is 5.75 Å². The van der Waals surface area contributed by atoms with E-state index in [0.717, 1.165) is 6.26 Å². The van der Waals surface area contributed by atoms with Gasteiger partial charge in [0.25, 0.3) is 5.91 Å². The molecule has 0 fully saturated rings. The third kappa shape index (κ3) is 4.99. The third-order valence-corrected chi connectivity index (χ3v) is 6.00. The number of carbonyl (C=O) groups is 1. The van der Waals surface area contributed by atoms with Crippen LogP contribution in [0.1, 0.15) is 16.1 Å². The number of aromatic amines is 1. The molecule has 0 bridgehead atoms.